The molecule has 0 aliphatic carbocycles. The van der Waals surface area contributed by atoms with Gasteiger partial charge in [0.25, 0.3) is 0 Å². The average Bonchev–Trinajstić information content (AvgIpc) is 3.21. The van der Waals surface area contributed by atoms with E-state index >= 15 is 0 Å². The molecule has 0 bridgehead atoms. The number of aryl methyl sites for hydroxylation is 3. The Morgan fingerprint density at radius 2 is 2.04 bits per heavy atom. The number of rotatable bonds is 3. The summed E-state index contributed by atoms with van der Waals surface area (Å²) in [5, 5.41) is 15.2. The second-order valence-electron chi connectivity index (χ2n) is 7.08. The second kappa shape index (κ2) is 6.53. The molecule has 1 aromatic carbocycles. The number of benzene rings is 1. The lowest BCUT2D eigenvalue weighted by Gasteiger charge is -2.36. The largest absolute Gasteiger partial charge is 0.351 e. The quantitative estimate of drug-likeness (QED) is 0.743. The highest BCUT2D eigenvalue weighted by Gasteiger charge is 2.42. The molecule has 1 aliphatic heterocycles. The van der Waals surface area contributed by atoms with Gasteiger partial charge in [0.2, 0.25) is 11.9 Å². The number of anilines is 2. The van der Waals surface area contributed by atoms with Gasteiger partial charge in [0.15, 0.2) is 0 Å². The summed E-state index contributed by atoms with van der Waals surface area (Å²) < 4.78 is 3.55. The van der Waals surface area contributed by atoms with Crippen LogP contribution in [0, 0.1) is 19.8 Å². The molecule has 8 nitrogen and oxygen atoms in total. The molecule has 0 spiro atoms. The summed E-state index contributed by atoms with van der Waals surface area (Å²) in [7, 11) is 1.88. The third kappa shape index (κ3) is 2.97. The van der Waals surface area contributed by atoms with Crippen molar-refractivity contribution < 1.29 is 4.79 Å². The molecule has 1 aliphatic rings. The zero-order valence-corrected chi connectivity index (χ0v) is 15.8. The number of carbonyl (C=O) groups excluding carboxylic acids is 1. The number of para-hydroxylation sites is 1. The van der Waals surface area contributed by atoms with Crippen LogP contribution in [0.1, 0.15) is 29.8 Å². The molecule has 0 radical (unpaired) electrons. The normalized spacial score (nSPS) is 21.4. The van der Waals surface area contributed by atoms with Crippen LogP contribution in [0.15, 0.2) is 36.8 Å². The van der Waals surface area contributed by atoms with Gasteiger partial charge in [-0.1, -0.05) is 18.2 Å². The van der Waals surface area contributed by atoms with Crippen molar-refractivity contribution in [3.05, 3.63) is 53.6 Å². The van der Waals surface area contributed by atoms with Crippen LogP contribution in [0.2, 0.25) is 0 Å². The van der Waals surface area contributed by atoms with Gasteiger partial charge in [0.05, 0.1) is 17.7 Å². The minimum Gasteiger partial charge on any atom is -0.351 e. The molecule has 3 aromatic rings. The molecule has 3 heterocycles. The molecular weight excluding hydrogens is 342 g/mol. The average molecular weight is 365 g/mol. The van der Waals surface area contributed by atoms with Crippen molar-refractivity contribution in [1.82, 2.24) is 24.5 Å². The third-order valence-electron chi connectivity index (χ3n) is 5.15. The molecule has 0 fully saturated rings. The van der Waals surface area contributed by atoms with E-state index in [2.05, 4.69) is 25.8 Å². The van der Waals surface area contributed by atoms with E-state index in [0.717, 1.165) is 22.5 Å². The van der Waals surface area contributed by atoms with Crippen molar-refractivity contribution in [2.75, 3.05) is 10.6 Å². The summed E-state index contributed by atoms with van der Waals surface area (Å²) in [6, 6.07) is 7.38. The zero-order valence-electron chi connectivity index (χ0n) is 15.8. The molecular formula is C19H23N7O. The standard InChI is InChI=1S/C19H23N7O/c1-11-7-5-6-8-15(11)23-18(27)16-13(3)22-19-20-10-21-26(19)17(16)14-9-25(4)24-12(14)2/h5-10,13,16-17H,1-4H3,(H,23,27)(H,20,21,22). The van der Waals surface area contributed by atoms with Crippen molar-refractivity contribution in [1.29, 1.82) is 0 Å². The van der Waals surface area contributed by atoms with Crippen LogP contribution in [0.25, 0.3) is 0 Å². The summed E-state index contributed by atoms with van der Waals surface area (Å²) in [5.41, 5.74) is 3.70. The van der Waals surface area contributed by atoms with Gasteiger partial charge >= 0.3 is 0 Å². The highest BCUT2D eigenvalue weighted by molar-refractivity contribution is 5.94. The van der Waals surface area contributed by atoms with Gasteiger partial charge in [-0.25, -0.2) is 4.68 Å². The number of hydrogen-bond acceptors (Lipinski definition) is 5. The van der Waals surface area contributed by atoms with Crippen molar-refractivity contribution in [2.45, 2.75) is 32.9 Å². The fourth-order valence-electron chi connectivity index (χ4n) is 3.81. The van der Waals surface area contributed by atoms with Crippen molar-refractivity contribution in [2.24, 2.45) is 13.0 Å². The van der Waals surface area contributed by atoms with Gasteiger partial charge in [-0.2, -0.15) is 15.2 Å². The number of aromatic nitrogens is 5. The zero-order chi connectivity index (χ0) is 19.1. The number of carbonyl (C=O) groups is 1. The van der Waals surface area contributed by atoms with Gasteiger partial charge in [0, 0.05) is 30.5 Å². The highest BCUT2D eigenvalue weighted by Crippen LogP contribution is 2.37. The molecule has 8 heteroatoms. The minimum absolute atomic E-state index is 0.0568. The summed E-state index contributed by atoms with van der Waals surface area (Å²) in [6.45, 7) is 5.93. The molecule has 27 heavy (non-hydrogen) atoms. The van der Waals surface area contributed by atoms with Crippen molar-refractivity contribution >= 4 is 17.5 Å². The van der Waals surface area contributed by atoms with Crippen LogP contribution in [-0.4, -0.2) is 36.5 Å². The predicted molar refractivity (Wildman–Crippen MR) is 102 cm³/mol. The number of nitrogens with one attached hydrogen (secondary N) is 2. The highest BCUT2D eigenvalue weighted by atomic mass is 16.2. The van der Waals surface area contributed by atoms with E-state index in [1.807, 2.05) is 58.3 Å². The molecule has 0 saturated carbocycles. The Hall–Kier alpha value is -3.16. The van der Waals surface area contributed by atoms with Crippen LogP contribution in [-0.2, 0) is 11.8 Å². The smallest absolute Gasteiger partial charge is 0.232 e. The van der Waals surface area contributed by atoms with E-state index in [4.69, 9.17) is 0 Å². The maximum atomic E-state index is 13.3. The molecule has 1 amide bonds. The first-order valence-electron chi connectivity index (χ1n) is 8.98. The van der Waals surface area contributed by atoms with Crippen molar-refractivity contribution in [3.8, 4) is 0 Å². The van der Waals surface area contributed by atoms with Crippen molar-refractivity contribution in [3.63, 3.8) is 0 Å². The molecule has 140 valence electrons. The fourth-order valence-corrected chi connectivity index (χ4v) is 3.81. The van der Waals surface area contributed by atoms with E-state index in [9.17, 15) is 4.79 Å². The first kappa shape index (κ1) is 17.3. The Morgan fingerprint density at radius 1 is 1.26 bits per heavy atom. The van der Waals surface area contributed by atoms with Crippen LogP contribution in [0.3, 0.4) is 0 Å². The summed E-state index contributed by atoms with van der Waals surface area (Å²) in [6.07, 6.45) is 3.47. The Kier molecular flexibility index (Phi) is 4.18. The van der Waals surface area contributed by atoms with Crippen LogP contribution < -0.4 is 10.6 Å². The molecule has 0 saturated heterocycles. The molecule has 4 rings (SSSR count). The van der Waals surface area contributed by atoms with E-state index in [-0.39, 0.29) is 23.9 Å². The number of hydrogen-bond donors (Lipinski definition) is 2. The van der Waals surface area contributed by atoms with E-state index in [0.29, 0.717) is 5.95 Å². The van der Waals surface area contributed by atoms with Crippen LogP contribution in [0.5, 0.6) is 0 Å². The Labute approximate surface area is 157 Å². The lowest BCUT2D eigenvalue weighted by molar-refractivity contribution is -0.121. The van der Waals surface area contributed by atoms with Crippen LogP contribution in [0.4, 0.5) is 11.6 Å². The SMILES string of the molecule is Cc1ccccc1NC(=O)C1C(C)Nc2ncnn2C1c1cn(C)nc1C. The molecule has 3 unspecified atom stereocenters. The number of fused-ring (bicyclic) bond motifs is 1. The molecule has 3 atom stereocenters. The van der Waals surface area contributed by atoms with E-state index in [1.165, 1.54) is 6.33 Å². The number of amides is 1. The number of nitrogens with zero attached hydrogens (tertiary/aromatic N) is 5. The third-order valence-corrected chi connectivity index (χ3v) is 5.15. The van der Waals surface area contributed by atoms with E-state index < -0.39 is 0 Å². The van der Waals surface area contributed by atoms with E-state index in [1.54, 1.807) is 9.36 Å². The second-order valence-corrected chi connectivity index (χ2v) is 7.08. The maximum Gasteiger partial charge on any atom is 0.232 e. The first-order chi connectivity index (χ1) is 13.0. The van der Waals surface area contributed by atoms with Gasteiger partial charge in [0.1, 0.15) is 6.33 Å². The Morgan fingerprint density at radius 3 is 2.74 bits per heavy atom. The lowest BCUT2D eigenvalue weighted by Crippen LogP contribution is -2.46. The molecule has 2 aromatic heterocycles. The summed E-state index contributed by atoms with van der Waals surface area (Å²) in [4.78, 5) is 17.6. The minimum atomic E-state index is -0.373. The van der Waals surface area contributed by atoms with Gasteiger partial charge in [-0.15, -0.1) is 0 Å². The van der Waals surface area contributed by atoms with Crippen LogP contribution >= 0.6 is 0 Å². The summed E-state index contributed by atoms with van der Waals surface area (Å²) in [5.74, 6) is 0.233. The summed E-state index contributed by atoms with van der Waals surface area (Å²) >= 11 is 0. The van der Waals surface area contributed by atoms with Gasteiger partial charge < -0.3 is 10.6 Å². The fraction of sp³-hybridized carbons (Fsp3) is 0.368. The van der Waals surface area contributed by atoms with Gasteiger partial charge in [-0.05, 0) is 32.4 Å². The lowest BCUT2D eigenvalue weighted by atomic mass is 9.85. The first-order valence-corrected chi connectivity index (χ1v) is 8.98. The molecule has 2 N–H and O–H groups in total. The topological polar surface area (TPSA) is 89.7 Å². The predicted octanol–water partition coefficient (Wildman–Crippen LogP) is 2.29. The maximum absolute atomic E-state index is 13.3. The Balaban J connectivity index is 1.76. The van der Waals surface area contributed by atoms with Gasteiger partial charge in [-0.3, -0.25) is 9.48 Å². The Bertz CT molecular complexity index is 990. The monoisotopic (exact) mass is 365 g/mol.